The van der Waals surface area contributed by atoms with Gasteiger partial charge < -0.3 is 0 Å². The number of hydrazine groups is 1. The van der Waals surface area contributed by atoms with Crippen LogP contribution in [0.4, 0.5) is 0 Å². The molecule has 1 aromatic heterocycles. The van der Waals surface area contributed by atoms with Gasteiger partial charge in [0, 0.05) is 22.7 Å². The van der Waals surface area contributed by atoms with Crippen LogP contribution >= 0.6 is 23.5 Å². The molecule has 0 aliphatic rings. The molecule has 0 unspecified atom stereocenters. The van der Waals surface area contributed by atoms with E-state index in [2.05, 4.69) is 20.8 Å². The van der Waals surface area contributed by atoms with Crippen LogP contribution in [-0.2, 0) is 16.0 Å². The number of thioether (sulfide) groups is 2. The maximum atomic E-state index is 12.0. The number of benzene rings is 1. The zero-order valence-electron chi connectivity index (χ0n) is 16.0. The van der Waals surface area contributed by atoms with Crippen molar-refractivity contribution in [2.24, 2.45) is 0 Å². The van der Waals surface area contributed by atoms with Gasteiger partial charge in [-0.05, 0) is 51.1 Å². The molecule has 0 saturated carbocycles. The molecule has 144 valence electrons. The molecule has 0 fully saturated rings. The van der Waals surface area contributed by atoms with Gasteiger partial charge >= 0.3 is 0 Å². The number of rotatable bonds is 7. The summed E-state index contributed by atoms with van der Waals surface area (Å²) in [6.45, 7) is 5.86. The number of nitrogens with one attached hydrogen (secondary N) is 2. The van der Waals surface area contributed by atoms with E-state index in [1.54, 1.807) is 0 Å². The Bertz CT molecular complexity index is 787. The molecule has 1 aromatic carbocycles. The number of hydrogen-bond acceptors (Lipinski definition) is 6. The second-order valence-corrected chi connectivity index (χ2v) is 7.88. The molecule has 8 heteroatoms. The molecule has 2 N–H and O–H groups in total. The number of carbonyl (C=O) groups excluding carboxylic acids is 2. The Labute approximate surface area is 168 Å². The summed E-state index contributed by atoms with van der Waals surface area (Å²) in [6, 6.07) is 7.95. The molecular weight excluding hydrogens is 380 g/mol. The van der Waals surface area contributed by atoms with E-state index in [4.69, 9.17) is 0 Å². The van der Waals surface area contributed by atoms with Gasteiger partial charge in [-0.25, -0.2) is 9.97 Å². The van der Waals surface area contributed by atoms with E-state index in [1.807, 2.05) is 51.3 Å². The molecule has 0 radical (unpaired) electrons. The molecule has 6 nitrogen and oxygen atoms in total. The molecular formula is C19H24N4O2S2. The molecule has 0 bridgehead atoms. The zero-order chi connectivity index (χ0) is 19.8. The number of aryl methyl sites for hydroxylation is 3. The summed E-state index contributed by atoms with van der Waals surface area (Å²) in [5, 5.41) is 0.733. The van der Waals surface area contributed by atoms with Crippen LogP contribution in [-0.4, -0.2) is 33.8 Å². The molecule has 2 rings (SSSR count). The summed E-state index contributed by atoms with van der Waals surface area (Å²) in [5.74, 6) is -0.240. The molecule has 2 amide bonds. The van der Waals surface area contributed by atoms with Crippen LogP contribution in [0.25, 0.3) is 0 Å². The number of amides is 2. The third-order valence-electron chi connectivity index (χ3n) is 3.92. The molecule has 1 heterocycles. The Morgan fingerprint density at radius 2 is 1.56 bits per heavy atom. The van der Waals surface area contributed by atoms with Gasteiger partial charge in [-0.2, -0.15) is 0 Å². The normalized spacial score (nSPS) is 10.5. The molecule has 27 heavy (non-hydrogen) atoms. The second kappa shape index (κ2) is 10.3. The molecule has 0 aliphatic carbocycles. The average Bonchev–Trinajstić information content (AvgIpc) is 2.65. The van der Waals surface area contributed by atoms with Crippen LogP contribution in [0.2, 0.25) is 0 Å². The lowest BCUT2D eigenvalue weighted by atomic mass is 10.1. The van der Waals surface area contributed by atoms with Gasteiger partial charge in [-0.3, -0.25) is 20.4 Å². The Morgan fingerprint density at radius 1 is 0.963 bits per heavy atom. The predicted octanol–water partition coefficient (Wildman–Crippen LogP) is 3.00. The lowest BCUT2D eigenvalue weighted by Gasteiger charge is -2.11. The molecule has 0 spiro atoms. The second-order valence-electron chi connectivity index (χ2n) is 6.06. The van der Waals surface area contributed by atoms with E-state index in [0.717, 1.165) is 27.0 Å². The Kier molecular flexibility index (Phi) is 8.12. The van der Waals surface area contributed by atoms with Crippen LogP contribution in [0.15, 0.2) is 34.3 Å². The van der Waals surface area contributed by atoms with Crippen LogP contribution < -0.4 is 10.9 Å². The standard InChI is InChI=1S/C19H24N4O2S2/c1-12-5-7-15(8-6-12)27-11-18(25)23-22-17(24)10-9-16-13(2)20-19(26-4)21-14(16)3/h5-8H,9-11H2,1-4H3,(H,22,24)(H,23,25). The van der Waals surface area contributed by atoms with Crippen molar-refractivity contribution >= 4 is 35.3 Å². The summed E-state index contributed by atoms with van der Waals surface area (Å²) in [6.07, 6.45) is 2.72. The lowest BCUT2D eigenvalue weighted by Crippen LogP contribution is -2.42. The number of hydrogen-bond donors (Lipinski definition) is 2. The van der Waals surface area contributed by atoms with Crippen molar-refractivity contribution in [2.75, 3.05) is 12.0 Å². The largest absolute Gasteiger partial charge is 0.273 e. The van der Waals surface area contributed by atoms with Gasteiger partial charge in [-0.15, -0.1) is 11.8 Å². The number of carbonyl (C=O) groups is 2. The van der Waals surface area contributed by atoms with Gasteiger partial charge in [0.05, 0.1) is 5.75 Å². The summed E-state index contributed by atoms with van der Waals surface area (Å²) in [5.41, 5.74) is 8.84. The Balaban J connectivity index is 1.74. The molecule has 0 aliphatic heterocycles. The highest BCUT2D eigenvalue weighted by Gasteiger charge is 2.11. The zero-order valence-corrected chi connectivity index (χ0v) is 17.6. The minimum atomic E-state index is -0.242. The highest BCUT2D eigenvalue weighted by molar-refractivity contribution is 8.00. The highest BCUT2D eigenvalue weighted by atomic mass is 32.2. The molecule has 2 aromatic rings. The van der Waals surface area contributed by atoms with Crippen LogP contribution in [0, 0.1) is 20.8 Å². The monoisotopic (exact) mass is 404 g/mol. The summed E-state index contributed by atoms with van der Waals surface area (Å²) in [7, 11) is 0. The average molecular weight is 405 g/mol. The third-order valence-corrected chi connectivity index (χ3v) is 5.48. The van der Waals surface area contributed by atoms with Crippen LogP contribution in [0.5, 0.6) is 0 Å². The van der Waals surface area contributed by atoms with Crippen molar-refractivity contribution in [3.8, 4) is 0 Å². The summed E-state index contributed by atoms with van der Waals surface area (Å²) < 4.78 is 0. The van der Waals surface area contributed by atoms with Gasteiger partial charge in [0.15, 0.2) is 5.16 Å². The topological polar surface area (TPSA) is 84.0 Å². The van der Waals surface area contributed by atoms with Crippen molar-refractivity contribution in [1.82, 2.24) is 20.8 Å². The quantitative estimate of drug-likeness (QED) is 0.419. The molecule has 0 saturated heterocycles. The van der Waals surface area contributed by atoms with E-state index in [9.17, 15) is 9.59 Å². The number of nitrogens with zero attached hydrogens (tertiary/aromatic N) is 2. The fourth-order valence-electron chi connectivity index (χ4n) is 2.42. The SMILES string of the molecule is CSc1nc(C)c(CCC(=O)NNC(=O)CSc2ccc(C)cc2)c(C)n1. The first-order valence-electron chi connectivity index (χ1n) is 8.54. The Morgan fingerprint density at radius 3 is 2.15 bits per heavy atom. The van der Waals surface area contributed by atoms with Gasteiger partial charge in [0.25, 0.3) is 0 Å². The first-order valence-corrected chi connectivity index (χ1v) is 10.8. The van der Waals surface area contributed by atoms with Crippen molar-refractivity contribution in [1.29, 1.82) is 0 Å². The summed E-state index contributed by atoms with van der Waals surface area (Å²) in [4.78, 5) is 33.7. The first-order chi connectivity index (χ1) is 12.9. The molecule has 0 atom stereocenters. The van der Waals surface area contributed by atoms with Crippen molar-refractivity contribution in [3.05, 3.63) is 46.8 Å². The van der Waals surface area contributed by atoms with Gasteiger partial charge in [0.1, 0.15) is 0 Å². The van der Waals surface area contributed by atoms with Crippen LogP contribution in [0.3, 0.4) is 0 Å². The van der Waals surface area contributed by atoms with Gasteiger partial charge in [0.2, 0.25) is 11.8 Å². The smallest absolute Gasteiger partial charge is 0.248 e. The third kappa shape index (κ3) is 6.88. The fourth-order valence-corrected chi connectivity index (χ4v) is 3.58. The van der Waals surface area contributed by atoms with E-state index in [-0.39, 0.29) is 24.0 Å². The van der Waals surface area contributed by atoms with Crippen molar-refractivity contribution in [3.63, 3.8) is 0 Å². The maximum absolute atomic E-state index is 12.0. The lowest BCUT2D eigenvalue weighted by molar-refractivity contribution is -0.127. The fraction of sp³-hybridized carbons (Fsp3) is 0.368. The maximum Gasteiger partial charge on any atom is 0.248 e. The van der Waals surface area contributed by atoms with Crippen LogP contribution in [0.1, 0.15) is 28.9 Å². The highest BCUT2D eigenvalue weighted by Crippen LogP contribution is 2.18. The minimum Gasteiger partial charge on any atom is -0.273 e. The van der Waals surface area contributed by atoms with E-state index in [0.29, 0.717) is 6.42 Å². The van der Waals surface area contributed by atoms with E-state index in [1.165, 1.54) is 29.1 Å². The minimum absolute atomic E-state index is 0.239. The van der Waals surface area contributed by atoms with Crippen molar-refractivity contribution < 1.29 is 9.59 Å². The van der Waals surface area contributed by atoms with E-state index >= 15 is 0 Å². The first kappa shape index (κ1) is 21.2. The van der Waals surface area contributed by atoms with Gasteiger partial charge in [-0.1, -0.05) is 29.5 Å². The van der Waals surface area contributed by atoms with E-state index < -0.39 is 0 Å². The predicted molar refractivity (Wildman–Crippen MR) is 110 cm³/mol. The van der Waals surface area contributed by atoms with Crippen molar-refractivity contribution in [2.45, 2.75) is 43.7 Å². The number of aromatic nitrogens is 2. The summed E-state index contributed by atoms with van der Waals surface area (Å²) >= 11 is 2.92. The Hall–Kier alpha value is -2.06.